The van der Waals surface area contributed by atoms with Crippen LogP contribution in [-0.2, 0) is 9.59 Å². The molecule has 0 heterocycles. The number of allylic oxidation sites excluding steroid dienone is 5. The summed E-state index contributed by atoms with van der Waals surface area (Å²) in [6.45, 7) is 5.03. The molecular formula is C22H28O5. The third-order valence-electron chi connectivity index (χ3n) is 8.18. The molecule has 1 unspecified atom stereocenters. The summed E-state index contributed by atoms with van der Waals surface area (Å²) in [5, 5.41) is 32.8. The lowest BCUT2D eigenvalue weighted by molar-refractivity contribution is -0.168. The van der Waals surface area contributed by atoms with Crippen molar-refractivity contribution < 1.29 is 24.9 Å². The highest BCUT2D eigenvalue weighted by Gasteiger charge is 2.70. The Bertz CT molecular complexity index is 823. The number of hydrogen-bond donors (Lipinski definition) is 3. The third-order valence-corrected chi connectivity index (χ3v) is 8.18. The standard InChI is InChI=1S/C22H28O5/c1-13-10-17-20(3,22(13,27)18(25)12-23)8-6-16-19(2)7-5-15(24)11-14(19)4-9-21(16,17)26/h5-7,11,13,17,23,26-27H,4,8-10,12H2,1-3H3/t13-,17?,19+,20+,21+,22+/m1/s1. The van der Waals surface area contributed by atoms with Gasteiger partial charge in [0.15, 0.2) is 11.6 Å². The molecule has 5 heteroatoms. The number of rotatable bonds is 2. The second-order valence-electron chi connectivity index (χ2n) is 9.31. The highest BCUT2D eigenvalue weighted by molar-refractivity contribution is 6.01. The molecule has 4 rings (SSSR count). The van der Waals surface area contributed by atoms with Crippen molar-refractivity contribution in [3.63, 3.8) is 0 Å². The molecule has 0 radical (unpaired) electrons. The summed E-state index contributed by atoms with van der Waals surface area (Å²) in [5.41, 5.74) is -2.24. The van der Waals surface area contributed by atoms with Crippen molar-refractivity contribution in [1.29, 1.82) is 0 Å². The van der Waals surface area contributed by atoms with E-state index in [4.69, 9.17) is 0 Å². The van der Waals surface area contributed by atoms with Crippen molar-refractivity contribution in [2.24, 2.45) is 22.7 Å². The van der Waals surface area contributed by atoms with Crippen molar-refractivity contribution >= 4 is 11.6 Å². The van der Waals surface area contributed by atoms with Gasteiger partial charge in [0.1, 0.15) is 12.2 Å². The summed E-state index contributed by atoms with van der Waals surface area (Å²) >= 11 is 0. The van der Waals surface area contributed by atoms with Gasteiger partial charge in [-0.2, -0.15) is 0 Å². The maximum atomic E-state index is 12.5. The summed E-state index contributed by atoms with van der Waals surface area (Å²) in [4.78, 5) is 24.4. The lowest BCUT2D eigenvalue weighted by atomic mass is 9.49. The first-order chi connectivity index (χ1) is 12.5. The summed E-state index contributed by atoms with van der Waals surface area (Å²) in [6, 6.07) is 0. The molecule has 27 heavy (non-hydrogen) atoms. The predicted molar refractivity (Wildman–Crippen MR) is 99.6 cm³/mol. The molecule has 2 saturated carbocycles. The molecule has 0 aromatic carbocycles. The number of ketones is 2. The Morgan fingerprint density at radius 2 is 2.00 bits per heavy atom. The van der Waals surface area contributed by atoms with E-state index in [9.17, 15) is 24.9 Å². The van der Waals surface area contributed by atoms with Crippen LogP contribution in [0.5, 0.6) is 0 Å². The SMILES string of the molecule is C[C@@H]1CC2[C@](C)(CC=C3[C@@]4(C)C=CC(=O)C=C4CC[C@]32O)[C@@]1(O)C(=O)CO. The van der Waals surface area contributed by atoms with Crippen molar-refractivity contribution in [1.82, 2.24) is 0 Å². The lowest BCUT2D eigenvalue weighted by Gasteiger charge is -2.57. The van der Waals surface area contributed by atoms with E-state index in [1.165, 1.54) is 0 Å². The van der Waals surface area contributed by atoms with Gasteiger partial charge in [-0.3, -0.25) is 9.59 Å². The Kier molecular flexibility index (Phi) is 3.82. The fourth-order valence-corrected chi connectivity index (χ4v) is 6.64. The number of Topliss-reactive ketones (excluding diaryl/α,β-unsaturated/α-hetero) is 1. The molecule has 2 fully saturated rings. The fraction of sp³-hybridized carbons (Fsp3) is 0.636. The molecule has 0 amide bonds. The van der Waals surface area contributed by atoms with E-state index in [-0.39, 0.29) is 17.6 Å². The minimum Gasteiger partial charge on any atom is -0.388 e. The highest BCUT2D eigenvalue weighted by atomic mass is 16.3. The number of aliphatic hydroxyl groups excluding tert-OH is 1. The topological polar surface area (TPSA) is 94.8 Å². The van der Waals surface area contributed by atoms with Gasteiger partial charge in [0.05, 0.1) is 5.60 Å². The van der Waals surface area contributed by atoms with Crippen LogP contribution in [0.2, 0.25) is 0 Å². The zero-order valence-electron chi connectivity index (χ0n) is 16.2. The zero-order valence-corrected chi connectivity index (χ0v) is 16.2. The van der Waals surface area contributed by atoms with E-state index in [0.29, 0.717) is 25.7 Å². The Morgan fingerprint density at radius 1 is 1.30 bits per heavy atom. The van der Waals surface area contributed by atoms with E-state index in [1.807, 2.05) is 32.9 Å². The van der Waals surface area contributed by atoms with Gasteiger partial charge < -0.3 is 15.3 Å². The third kappa shape index (κ3) is 2.05. The smallest absolute Gasteiger partial charge is 0.190 e. The van der Waals surface area contributed by atoms with E-state index in [0.717, 1.165) is 11.1 Å². The van der Waals surface area contributed by atoms with Crippen molar-refractivity contribution in [3.8, 4) is 0 Å². The fourth-order valence-electron chi connectivity index (χ4n) is 6.64. The maximum absolute atomic E-state index is 12.5. The van der Waals surface area contributed by atoms with E-state index in [2.05, 4.69) is 0 Å². The molecule has 0 bridgehead atoms. The Balaban J connectivity index is 1.86. The van der Waals surface area contributed by atoms with Gasteiger partial charge in [0.25, 0.3) is 0 Å². The Morgan fingerprint density at radius 3 is 2.67 bits per heavy atom. The van der Waals surface area contributed by atoms with Crippen LogP contribution in [0.3, 0.4) is 0 Å². The summed E-state index contributed by atoms with van der Waals surface area (Å²) < 4.78 is 0. The molecule has 0 spiro atoms. The van der Waals surface area contributed by atoms with Crippen molar-refractivity contribution in [3.05, 3.63) is 35.5 Å². The first-order valence-electron chi connectivity index (χ1n) is 9.78. The second kappa shape index (κ2) is 5.49. The molecule has 146 valence electrons. The lowest BCUT2D eigenvalue weighted by Crippen LogP contribution is -2.62. The van der Waals surface area contributed by atoms with Gasteiger partial charge in [-0.1, -0.05) is 31.6 Å². The summed E-state index contributed by atoms with van der Waals surface area (Å²) in [6.07, 6.45) is 9.14. The second-order valence-corrected chi connectivity index (χ2v) is 9.31. The molecule has 0 aromatic heterocycles. The van der Waals surface area contributed by atoms with Gasteiger partial charge >= 0.3 is 0 Å². The van der Waals surface area contributed by atoms with Gasteiger partial charge in [-0.15, -0.1) is 0 Å². The first kappa shape index (κ1) is 18.8. The number of aliphatic hydroxyl groups is 3. The minimum atomic E-state index is -1.65. The van der Waals surface area contributed by atoms with Crippen LogP contribution in [0.4, 0.5) is 0 Å². The Labute approximate surface area is 159 Å². The summed E-state index contributed by atoms with van der Waals surface area (Å²) in [7, 11) is 0. The van der Waals surface area contributed by atoms with Crippen molar-refractivity contribution in [2.75, 3.05) is 6.61 Å². The van der Waals surface area contributed by atoms with Gasteiger partial charge in [0.2, 0.25) is 0 Å². The number of fused-ring (bicyclic) bond motifs is 5. The van der Waals surface area contributed by atoms with E-state index >= 15 is 0 Å². The van der Waals surface area contributed by atoms with Crippen LogP contribution in [0.25, 0.3) is 0 Å². The number of carbonyl (C=O) groups excluding carboxylic acids is 2. The van der Waals surface area contributed by atoms with Crippen LogP contribution in [0, 0.1) is 22.7 Å². The average Bonchev–Trinajstić information content (AvgIpc) is 2.84. The molecule has 3 N–H and O–H groups in total. The normalized spacial score (nSPS) is 48.3. The maximum Gasteiger partial charge on any atom is 0.190 e. The number of carbonyl (C=O) groups is 2. The molecular weight excluding hydrogens is 344 g/mol. The quantitative estimate of drug-likeness (QED) is 0.643. The molecule has 4 aliphatic carbocycles. The van der Waals surface area contributed by atoms with Gasteiger partial charge in [-0.05, 0) is 56.3 Å². The molecule has 0 aliphatic heterocycles. The van der Waals surface area contributed by atoms with Crippen molar-refractivity contribution in [2.45, 2.75) is 57.7 Å². The molecule has 6 atom stereocenters. The highest BCUT2D eigenvalue weighted by Crippen LogP contribution is 2.67. The van der Waals surface area contributed by atoms with E-state index in [1.54, 1.807) is 12.2 Å². The molecule has 0 aromatic rings. The molecule has 4 aliphatic rings. The van der Waals surface area contributed by atoms with Crippen LogP contribution < -0.4 is 0 Å². The van der Waals surface area contributed by atoms with E-state index < -0.39 is 34.4 Å². The van der Waals surface area contributed by atoms with Crippen LogP contribution >= 0.6 is 0 Å². The number of hydrogen-bond acceptors (Lipinski definition) is 5. The largest absolute Gasteiger partial charge is 0.388 e. The van der Waals surface area contributed by atoms with Gasteiger partial charge in [-0.25, -0.2) is 0 Å². The average molecular weight is 372 g/mol. The molecule has 0 saturated heterocycles. The predicted octanol–water partition coefficient (Wildman–Crippen LogP) is 1.87. The minimum absolute atomic E-state index is 0.0217. The zero-order chi connectivity index (χ0) is 19.8. The van der Waals surface area contributed by atoms with Crippen LogP contribution in [0.15, 0.2) is 35.5 Å². The first-order valence-corrected chi connectivity index (χ1v) is 9.78. The van der Waals surface area contributed by atoms with Gasteiger partial charge in [0, 0.05) is 16.7 Å². The molecule has 5 nitrogen and oxygen atoms in total. The monoisotopic (exact) mass is 372 g/mol. The summed E-state index contributed by atoms with van der Waals surface area (Å²) in [5.74, 6) is -1.22. The Hall–Kier alpha value is -1.56. The van der Waals surface area contributed by atoms with Crippen LogP contribution in [-0.4, -0.2) is 44.7 Å². The van der Waals surface area contributed by atoms with Crippen LogP contribution in [0.1, 0.15) is 46.5 Å².